The molecule has 0 spiro atoms. The van der Waals surface area contributed by atoms with Crippen molar-refractivity contribution in [2.45, 2.75) is 0 Å². The highest BCUT2D eigenvalue weighted by molar-refractivity contribution is 6.31. The highest BCUT2D eigenvalue weighted by Gasteiger charge is 1.99. The lowest BCUT2D eigenvalue weighted by Crippen LogP contribution is -1.81. The van der Waals surface area contributed by atoms with Gasteiger partial charge < -0.3 is 0 Å². The number of halogens is 1. The summed E-state index contributed by atoms with van der Waals surface area (Å²) < 4.78 is 1.27. The van der Waals surface area contributed by atoms with E-state index in [1.54, 1.807) is 30.5 Å². The molecule has 0 aliphatic rings. The second kappa shape index (κ2) is 2.60. The van der Waals surface area contributed by atoms with Crippen molar-refractivity contribution in [3.8, 4) is 0 Å². The maximum absolute atomic E-state index is 10.2. The van der Waals surface area contributed by atoms with Crippen LogP contribution in [0, 0.1) is 4.91 Å². The van der Waals surface area contributed by atoms with Crippen molar-refractivity contribution < 1.29 is 0 Å². The van der Waals surface area contributed by atoms with Crippen LogP contribution in [0.15, 0.2) is 35.7 Å². The van der Waals surface area contributed by atoms with Gasteiger partial charge in [0.1, 0.15) is 0 Å². The van der Waals surface area contributed by atoms with Crippen molar-refractivity contribution in [1.29, 1.82) is 0 Å². The predicted molar refractivity (Wildman–Crippen MR) is 48.1 cm³/mol. The summed E-state index contributed by atoms with van der Waals surface area (Å²) in [5, 5.41) is 4.39. The first kappa shape index (κ1) is 7.31. The molecule has 0 N–H and O–H groups in total. The fourth-order valence-corrected chi connectivity index (χ4v) is 1.35. The molecule has 0 radical (unpaired) electrons. The molecule has 0 fully saturated rings. The van der Waals surface area contributed by atoms with Crippen LogP contribution >= 0.6 is 11.6 Å². The van der Waals surface area contributed by atoms with Gasteiger partial charge in [-0.05, 0) is 24.3 Å². The van der Waals surface area contributed by atoms with Gasteiger partial charge in [-0.1, -0.05) is 11.6 Å². The third kappa shape index (κ3) is 0.987. The van der Waals surface area contributed by atoms with Crippen LogP contribution < -0.4 is 0 Å². The maximum Gasteiger partial charge on any atom is 0.0751 e. The van der Waals surface area contributed by atoms with Gasteiger partial charge in [-0.3, -0.25) is 0 Å². The first-order chi connectivity index (χ1) is 5.81. The summed E-state index contributed by atoms with van der Waals surface area (Å²) in [5.41, 5.74) is 0.773. The Balaban J connectivity index is 2.81. The van der Waals surface area contributed by atoms with Crippen LogP contribution in [0.2, 0.25) is 5.02 Å². The molecule has 4 heteroatoms. The number of nitrogens with zero attached hydrogens (tertiary/aromatic N) is 2. The number of hydrogen-bond acceptors (Lipinski definition) is 2. The van der Waals surface area contributed by atoms with Gasteiger partial charge in [-0.15, -0.1) is 4.91 Å². The van der Waals surface area contributed by atoms with E-state index in [-0.39, 0.29) is 0 Å². The lowest BCUT2D eigenvalue weighted by atomic mass is 10.2. The fraction of sp³-hybridized carbons (Fsp3) is 0. The van der Waals surface area contributed by atoms with E-state index >= 15 is 0 Å². The molecule has 12 heavy (non-hydrogen) atoms. The molecule has 0 aliphatic carbocycles. The average molecular weight is 181 g/mol. The van der Waals surface area contributed by atoms with E-state index in [0.29, 0.717) is 5.02 Å². The van der Waals surface area contributed by atoms with Crippen LogP contribution in [0.4, 0.5) is 0 Å². The standard InChI is InChI=1S/C8H5ClN2O/c9-7-1-2-8-6(5-7)3-4-11(8)10-12/h1-5H. The molecule has 0 atom stereocenters. The number of hydrogen-bond donors (Lipinski definition) is 0. The van der Waals surface area contributed by atoms with E-state index in [0.717, 1.165) is 10.9 Å². The number of fused-ring (bicyclic) bond motifs is 1. The van der Waals surface area contributed by atoms with Crippen molar-refractivity contribution in [3.05, 3.63) is 40.4 Å². The van der Waals surface area contributed by atoms with Gasteiger partial charge in [-0.25, -0.2) is 4.68 Å². The van der Waals surface area contributed by atoms with E-state index in [9.17, 15) is 4.91 Å². The van der Waals surface area contributed by atoms with Crippen molar-refractivity contribution in [3.63, 3.8) is 0 Å². The maximum atomic E-state index is 10.2. The number of aromatic nitrogens is 1. The first-order valence-corrected chi connectivity index (χ1v) is 3.79. The summed E-state index contributed by atoms with van der Waals surface area (Å²) in [7, 11) is 0. The number of rotatable bonds is 1. The van der Waals surface area contributed by atoms with E-state index in [2.05, 4.69) is 5.29 Å². The zero-order chi connectivity index (χ0) is 8.55. The van der Waals surface area contributed by atoms with Crippen LogP contribution in [0.3, 0.4) is 0 Å². The lowest BCUT2D eigenvalue weighted by Gasteiger charge is -1.92. The molecule has 0 amide bonds. The third-order valence-corrected chi connectivity index (χ3v) is 1.95. The molecule has 2 aromatic rings. The van der Waals surface area contributed by atoms with Crippen molar-refractivity contribution in [1.82, 2.24) is 4.68 Å². The first-order valence-electron chi connectivity index (χ1n) is 3.41. The monoisotopic (exact) mass is 180 g/mol. The van der Waals surface area contributed by atoms with Crippen LogP contribution in [0.25, 0.3) is 10.9 Å². The van der Waals surface area contributed by atoms with Gasteiger partial charge in [-0.2, -0.15) is 0 Å². The zero-order valence-electron chi connectivity index (χ0n) is 6.07. The molecule has 2 rings (SSSR count). The fourth-order valence-electron chi connectivity index (χ4n) is 1.17. The minimum absolute atomic E-state index is 0.658. The van der Waals surface area contributed by atoms with Crippen molar-refractivity contribution >= 4 is 22.5 Å². The van der Waals surface area contributed by atoms with Crippen LogP contribution in [-0.4, -0.2) is 4.68 Å². The van der Waals surface area contributed by atoms with Gasteiger partial charge in [0.25, 0.3) is 0 Å². The molecule has 0 bridgehead atoms. The van der Waals surface area contributed by atoms with Crippen LogP contribution in [0.1, 0.15) is 0 Å². The highest BCUT2D eigenvalue weighted by atomic mass is 35.5. The SMILES string of the molecule is O=Nn1ccc2cc(Cl)ccc21. The Labute approximate surface area is 73.5 Å². The molecule has 0 aliphatic heterocycles. The third-order valence-electron chi connectivity index (χ3n) is 1.72. The summed E-state index contributed by atoms with van der Waals surface area (Å²) in [6.07, 6.45) is 1.61. The Morgan fingerprint density at radius 1 is 1.33 bits per heavy atom. The summed E-state index contributed by atoms with van der Waals surface area (Å²) in [5.74, 6) is 0. The van der Waals surface area contributed by atoms with E-state index < -0.39 is 0 Å². The van der Waals surface area contributed by atoms with Gasteiger partial charge in [0.15, 0.2) is 0 Å². The van der Waals surface area contributed by atoms with Crippen LogP contribution in [-0.2, 0) is 0 Å². The topological polar surface area (TPSA) is 34.4 Å². The van der Waals surface area contributed by atoms with Gasteiger partial charge in [0.2, 0.25) is 0 Å². The Morgan fingerprint density at radius 3 is 2.92 bits per heavy atom. The molecule has 1 heterocycles. The minimum Gasteiger partial charge on any atom is -0.204 e. The second-order valence-electron chi connectivity index (χ2n) is 2.45. The molecule has 1 aromatic carbocycles. The summed E-state index contributed by atoms with van der Waals surface area (Å²) in [4.78, 5) is 10.2. The van der Waals surface area contributed by atoms with Crippen LogP contribution in [0.5, 0.6) is 0 Å². The minimum atomic E-state index is 0.658. The Kier molecular flexibility index (Phi) is 1.59. The smallest absolute Gasteiger partial charge is 0.0751 e. The average Bonchev–Trinajstić information content (AvgIpc) is 2.46. The van der Waals surface area contributed by atoms with Gasteiger partial charge in [0.05, 0.1) is 10.8 Å². The van der Waals surface area contributed by atoms with E-state index in [1.807, 2.05) is 0 Å². The van der Waals surface area contributed by atoms with Gasteiger partial charge >= 0.3 is 0 Å². The molecule has 0 unspecified atom stereocenters. The summed E-state index contributed by atoms with van der Waals surface area (Å²) in [6, 6.07) is 7.08. The summed E-state index contributed by atoms with van der Waals surface area (Å²) >= 11 is 5.75. The largest absolute Gasteiger partial charge is 0.204 e. The van der Waals surface area contributed by atoms with Gasteiger partial charge in [0, 0.05) is 16.6 Å². The zero-order valence-corrected chi connectivity index (χ0v) is 6.82. The van der Waals surface area contributed by atoms with Crippen molar-refractivity contribution in [2.24, 2.45) is 5.29 Å². The Bertz CT molecular complexity index is 436. The molecule has 60 valence electrons. The summed E-state index contributed by atoms with van der Waals surface area (Å²) in [6.45, 7) is 0. The number of nitroso groups, excluding NO2 is 1. The molecular weight excluding hydrogens is 176 g/mol. The van der Waals surface area contributed by atoms with Crippen molar-refractivity contribution in [2.75, 3.05) is 0 Å². The molecule has 1 aromatic heterocycles. The number of benzene rings is 1. The second-order valence-corrected chi connectivity index (χ2v) is 2.88. The van der Waals surface area contributed by atoms with E-state index in [1.165, 1.54) is 4.68 Å². The highest BCUT2D eigenvalue weighted by Crippen LogP contribution is 2.19. The lowest BCUT2D eigenvalue weighted by molar-refractivity contribution is 0.913. The quantitative estimate of drug-likeness (QED) is 0.622. The Hall–Kier alpha value is -1.35. The predicted octanol–water partition coefficient (Wildman–Crippen LogP) is 2.82. The molecule has 0 saturated carbocycles. The molecular formula is C8H5ClN2O. The Morgan fingerprint density at radius 2 is 2.17 bits per heavy atom. The normalized spacial score (nSPS) is 10.4. The molecule has 3 nitrogen and oxygen atoms in total. The van der Waals surface area contributed by atoms with E-state index in [4.69, 9.17) is 11.6 Å². The molecule has 0 saturated heterocycles.